The third kappa shape index (κ3) is 6.33. The first kappa shape index (κ1) is 33.0. The minimum absolute atomic E-state index is 0.0181. The van der Waals surface area contributed by atoms with Gasteiger partial charge < -0.3 is 9.84 Å². The number of aromatic hydroxyl groups is 1. The van der Waals surface area contributed by atoms with E-state index in [0.717, 1.165) is 42.5 Å². The SMILES string of the molecule is CC(C)(C)c1ccc(-c2cc(Oc3cccc(-c4cccc5c4CC4(Cc6ccccc6C4)C5)n3)nc(-c3ccccc3O)c2)c(C(C)(C)C)c1. The monoisotopic (exact) mass is 670 g/mol. The second kappa shape index (κ2) is 12.2. The smallest absolute Gasteiger partial charge is 0.222 e. The van der Waals surface area contributed by atoms with Gasteiger partial charge in [-0.3, -0.25) is 0 Å². The fourth-order valence-electron chi connectivity index (χ4n) is 8.27. The van der Waals surface area contributed by atoms with Gasteiger partial charge in [0, 0.05) is 23.3 Å². The molecule has 4 heteroatoms. The molecule has 0 aliphatic heterocycles. The molecular formula is C47H46N2O2. The molecule has 2 aromatic heterocycles. The second-order valence-corrected chi connectivity index (χ2v) is 16.7. The van der Waals surface area contributed by atoms with Gasteiger partial charge in [-0.15, -0.1) is 0 Å². The Bertz CT molecular complexity index is 2260. The zero-order valence-corrected chi connectivity index (χ0v) is 30.5. The van der Waals surface area contributed by atoms with E-state index in [1.165, 1.54) is 38.9 Å². The molecule has 0 saturated heterocycles. The molecule has 0 amide bonds. The van der Waals surface area contributed by atoms with E-state index in [9.17, 15) is 5.11 Å². The van der Waals surface area contributed by atoms with Crippen LogP contribution in [0.3, 0.4) is 0 Å². The fourth-order valence-corrected chi connectivity index (χ4v) is 8.27. The van der Waals surface area contributed by atoms with Gasteiger partial charge in [0.1, 0.15) is 5.75 Å². The van der Waals surface area contributed by atoms with Crippen molar-refractivity contribution in [1.82, 2.24) is 9.97 Å². The molecule has 0 bridgehead atoms. The predicted octanol–water partition coefficient (Wildman–Crippen LogP) is 11.5. The highest BCUT2D eigenvalue weighted by Crippen LogP contribution is 2.49. The number of phenolic OH excluding ortho intramolecular Hbond substituents is 1. The van der Waals surface area contributed by atoms with E-state index < -0.39 is 0 Å². The van der Waals surface area contributed by atoms with Crippen molar-refractivity contribution in [2.24, 2.45) is 5.41 Å². The maximum atomic E-state index is 10.9. The number of ether oxygens (including phenoxy) is 1. The summed E-state index contributed by atoms with van der Waals surface area (Å²) < 4.78 is 6.56. The van der Waals surface area contributed by atoms with Crippen molar-refractivity contribution >= 4 is 0 Å². The molecule has 1 spiro atoms. The van der Waals surface area contributed by atoms with Crippen molar-refractivity contribution in [2.45, 2.75) is 78.1 Å². The highest BCUT2D eigenvalue weighted by Gasteiger charge is 2.42. The van der Waals surface area contributed by atoms with Gasteiger partial charge in [0.05, 0.1) is 11.4 Å². The summed E-state index contributed by atoms with van der Waals surface area (Å²) in [6, 6.07) is 39.8. The molecule has 0 unspecified atom stereocenters. The number of hydrogen-bond donors (Lipinski definition) is 1. The normalized spacial score (nSPS) is 14.8. The average Bonchev–Trinajstić information content (AvgIpc) is 3.65. The van der Waals surface area contributed by atoms with Gasteiger partial charge in [-0.2, -0.15) is 0 Å². The quantitative estimate of drug-likeness (QED) is 0.198. The van der Waals surface area contributed by atoms with Gasteiger partial charge in [-0.05, 0) is 111 Å². The number of hydrogen-bond acceptors (Lipinski definition) is 4. The zero-order chi connectivity index (χ0) is 35.5. The van der Waals surface area contributed by atoms with E-state index in [1.54, 1.807) is 6.07 Å². The third-order valence-electron chi connectivity index (χ3n) is 10.8. The standard InChI is InChI=1S/C47H46N2O2/c1-45(2,3)34-21-22-35(39(25-34)46(4,5)6)33-23-41(37-16-9-10-19-42(37)50)49-44(24-33)51-43-20-12-18-40(48-43)36-17-11-15-32-28-47(29-38(32)36)26-30-13-7-8-14-31(30)27-47/h7-25,50H,26-29H2,1-6H3. The number of benzene rings is 4. The van der Waals surface area contributed by atoms with Crippen molar-refractivity contribution in [1.29, 1.82) is 0 Å². The topological polar surface area (TPSA) is 55.2 Å². The van der Waals surface area contributed by atoms with Crippen LogP contribution in [0.4, 0.5) is 0 Å². The van der Waals surface area contributed by atoms with Crippen molar-refractivity contribution in [2.75, 3.05) is 0 Å². The molecule has 0 fully saturated rings. The summed E-state index contributed by atoms with van der Waals surface area (Å²) in [6.07, 6.45) is 4.41. The number of rotatable bonds is 5. The summed E-state index contributed by atoms with van der Waals surface area (Å²) in [4.78, 5) is 10.0. The first-order valence-electron chi connectivity index (χ1n) is 18.1. The summed E-state index contributed by atoms with van der Waals surface area (Å²) in [7, 11) is 0. The first-order valence-corrected chi connectivity index (χ1v) is 18.1. The molecule has 0 radical (unpaired) electrons. The van der Waals surface area contributed by atoms with E-state index in [2.05, 4.69) is 114 Å². The molecule has 51 heavy (non-hydrogen) atoms. The molecule has 4 nitrogen and oxygen atoms in total. The number of fused-ring (bicyclic) bond motifs is 2. The van der Waals surface area contributed by atoms with Crippen molar-refractivity contribution < 1.29 is 9.84 Å². The van der Waals surface area contributed by atoms with Gasteiger partial charge in [0.15, 0.2) is 0 Å². The maximum Gasteiger partial charge on any atom is 0.222 e. The van der Waals surface area contributed by atoms with Crippen LogP contribution in [0, 0.1) is 5.41 Å². The van der Waals surface area contributed by atoms with Crippen LogP contribution in [0.15, 0.2) is 115 Å². The lowest BCUT2D eigenvalue weighted by Gasteiger charge is -2.28. The van der Waals surface area contributed by atoms with Crippen LogP contribution in [-0.2, 0) is 36.5 Å². The Hall–Kier alpha value is -5.22. The molecule has 2 aliphatic carbocycles. The summed E-state index contributed by atoms with van der Waals surface area (Å²) in [5.74, 6) is 1.09. The minimum Gasteiger partial charge on any atom is -0.507 e. The second-order valence-electron chi connectivity index (χ2n) is 16.7. The fraction of sp³-hybridized carbons (Fsp3) is 0.277. The number of phenols is 1. The molecule has 0 atom stereocenters. The van der Waals surface area contributed by atoms with Crippen LogP contribution < -0.4 is 4.74 Å². The Morgan fingerprint density at radius 1 is 0.549 bits per heavy atom. The average molecular weight is 671 g/mol. The maximum absolute atomic E-state index is 10.9. The molecule has 1 N–H and O–H groups in total. The van der Waals surface area contributed by atoms with Gasteiger partial charge in [-0.25, -0.2) is 9.97 Å². The summed E-state index contributed by atoms with van der Waals surface area (Å²) >= 11 is 0. The molecule has 4 aromatic carbocycles. The van der Waals surface area contributed by atoms with E-state index in [4.69, 9.17) is 14.7 Å². The van der Waals surface area contributed by atoms with E-state index in [-0.39, 0.29) is 22.0 Å². The lowest BCUT2D eigenvalue weighted by atomic mass is 9.77. The van der Waals surface area contributed by atoms with Crippen molar-refractivity contribution in [3.8, 4) is 51.2 Å². The molecular weight excluding hydrogens is 625 g/mol. The molecule has 2 heterocycles. The molecule has 6 aromatic rings. The molecule has 0 saturated carbocycles. The van der Waals surface area contributed by atoms with Crippen LogP contribution in [0.5, 0.6) is 17.5 Å². The largest absolute Gasteiger partial charge is 0.507 e. The van der Waals surface area contributed by atoms with E-state index in [0.29, 0.717) is 23.0 Å². The predicted molar refractivity (Wildman–Crippen MR) is 208 cm³/mol. The molecule has 256 valence electrons. The van der Waals surface area contributed by atoms with Crippen LogP contribution in [0.1, 0.15) is 74.9 Å². The van der Waals surface area contributed by atoms with E-state index >= 15 is 0 Å². The Kier molecular flexibility index (Phi) is 7.90. The van der Waals surface area contributed by atoms with Crippen LogP contribution in [0.25, 0.3) is 33.6 Å². The van der Waals surface area contributed by atoms with Gasteiger partial charge in [0.2, 0.25) is 11.8 Å². The molecule has 2 aliphatic rings. The van der Waals surface area contributed by atoms with Gasteiger partial charge in [-0.1, -0.05) is 120 Å². The van der Waals surface area contributed by atoms with Crippen LogP contribution >= 0.6 is 0 Å². The Morgan fingerprint density at radius 3 is 1.92 bits per heavy atom. The highest BCUT2D eigenvalue weighted by molar-refractivity contribution is 5.77. The number of para-hydroxylation sites is 1. The van der Waals surface area contributed by atoms with Crippen LogP contribution in [0.2, 0.25) is 0 Å². The summed E-state index contributed by atoms with van der Waals surface area (Å²) in [5, 5.41) is 10.9. The Morgan fingerprint density at radius 2 is 1.20 bits per heavy atom. The number of pyridine rings is 2. The number of aromatic nitrogens is 2. The third-order valence-corrected chi connectivity index (χ3v) is 10.8. The van der Waals surface area contributed by atoms with Crippen molar-refractivity contribution in [3.63, 3.8) is 0 Å². The lowest BCUT2D eigenvalue weighted by Crippen LogP contribution is -2.21. The first-order chi connectivity index (χ1) is 24.4. The zero-order valence-electron chi connectivity index (χ0n) is 30.5. The van der Waals surface area contributed by atoms with Gasteiger partial charge in [0.25, 0.3) is 0 Å². The molecule has 8 rings (SSSR count). The minimum atomic E-state index is -0.109. The lowest BCUT2D eigenvalue weighted by molar-refractivity contribution is 0.327. The van der Waals surface area contributed by atoms with Crippen molar-refractivity contribution in [3.05, 3.63) is 149 Å². The van der Waals surface area contributed by atoms with Gasteiger partial charge >= 0.3 is 0 Å². The van der Waals surface area contributed by atoms with Crippen LogP contribution in [-0.4, -0.2) is 15.1 Å². The number of nitrogens with zero attached hydrogens (tertiary/aromatic N) is 2. The Balaban J connectivity index is 1.17. The summed E-state index contributed by atoms with van der Waals surface area (Å²) in [5.41, 5.74) is 14.0. The van der Waals surface area contributed by atoms with E-state index in [1.807, 2.05) is 36.4 Å². The highest BCUT2D eigenvalue weighted by atomic mass is 16.5. The Labute approximate surface area is 302 Å². The summed E-state index contributed by atoms with van der Waals surface area (Å²) in [6.45, 7) is 13.5.